The van der Waals surface area contributed by atoms with Gasteiger partial charge in [-0.3, -0.25) is 4.79 Å². The molecule has 0 radical (unpaired) electrons. The fourth-order valence-corrected chi connectivity index (χ4v) is 1.95. The lowest BCUT2D eigenvalue weighted by Crippen LogP contribution is -1.82. The fourth-order valence-electron chi connectivity index (χ4n) is 1.95. The smallest absolute Gasteiger partial charge is 0.170 e. The minimum absolute atomic E-state index is 0.280. The maximum Gasteiger partial charge on any atom is 0.170 e. The van der Waals surface area contributed by atoms with Gasteiger partial charge in [0, 0.05) is 16.6 Å². The predicted octanol–water partition coefficient (Wildman–Crippen LogP) is 2.82. The molecule has 0 aliphatic rings. The number of imidazole rings is 1. The number of nitrogens with one attached hydrogen (secondary N) is 2. The Labute approximate surface area is 102 Å². The van der Waals surface area contributed by atoms with Gasteiger partial charge in [-0.1, -0.05) is 0 Å². The van der Waals surface area contributed by atoms with E-state index in [4.69, 9.17) is 0 Å². The molecule has 0 spiro atoms. The van der Waals surface area contributed by atoms with Gasteiger partial charge in [-0.05, 0) is 31.2 Å². The first-order chi connectivity index (χ1) is 8.67. The van der Waals surface area contributed by atoms with Crippen molar-refractivity contribution in [2.75, 3.05) is 0 Å². The van der Waals surface area contributed by atoms with Gasteiger partial charge >= 0.3 is 0 Å². The molecule has 0 bridgehead atoms. The molecule has 0 saturated heterocycles. The van der Waals surface area contributed by atoms with Crippen LogP contribution in [-0.4, -0.2) is 21.2 Å². The molecular formula is C13H10FN3O. The quantitative estimate of drug-likeness (QED) is 0.680. The van der Waals surface area contributed by atoms with Gasteiger partial charge in [-0.2, -0.15) is 0 Å². The zero-order chi connectivity index (χ0) is 12.7. The summed E-state index contributed by atoms with van der Waals surface area (Å²) in [5.74, 6) is 0.295. The topological polar surface area (TPSA) is 61.5 Å². The molecule has 2 aromatic heterocycles. The summed E-state index contributed by atoms with van der Waals surface area (Å²) in [6, 6.07) is 6.31. The molecule has 90 valence electrons. The third kappa shape index (κ3) is 1.60. The minimum atomic E-state index is -0.280. The Morgan fingerprint density at radius 1 is 1.28 bits per heavy atom. The van der Waals surface area contributed by atoms with Gasteiger partial charge < -0.3 is 9.97 Å². The number of aryl methyl sites for hydroxylation is 1. The summed E-state index contributed by atoms with van der Waals surface area (Å²) < 4.78 is 13.1. The second-order valence-corrected chi connectivity index (χ2v) is 4.13. The summed E-state index contributed by atoms with van der Waals surface area (Å²) in [5.41, 5.74) is 2.65. The summed E-state index contributed by atoms with van der Waals surface area (Å²) in [6.07, 6.45) is 0.706. The normalized spacial score (nSPS) is 11.0. The minimum Gasteiger partial charge on any atom is -0.352 e. The SMILES string of the molecule is Cc1[nH]c(-c2cc3cc(F)ccc3[nH]2)nc1C=O. The standard InChI is InChI=1S/C13H10FN3O/c1-7-12(6-18)17-13(15-7)11-5-8-4-9(14)2-3-10(8)16-11/h2-6,16H,1H3,(H,15,17). The first kappa shape index (κ1) is 10.7. The molecule has 3 aromatic rings. The molecule has 1 aromatic carbocycles. The van der Waals surface area contributed by atoms with Crippen LogP contribution in [0.1, 0.15) is 16.2 Å². The van der Waals surface area contributed by atoms with Crippen molar-refractivity contribution in [2.45, 2.75) is 6.92 Å². The molecule has 2 heterocycles. The van der Waals surface area contributed by atoms with E-state index in [1.54, 1.807) is 19.1 Å². The van der Waals surface area contributed by atoms with Crippen LogP contribution in [-0.2, 0) is 0 Å². The van der Waals surface area contributed by atoms with Gasteiger partial charge in [0.1, 0.15) is 11.5 Å². The summed E-state index contributed by atoms with van der Waals surface area (Å²) in [7, 11) is 0. The van der Waals surface area contributed by atoms with Crippen LogP contribution >= 0.6 is 0 Å². The molecule has 0 unspecified atom stereocenters. The lowest BCUT2D eigenvalue weighted by atomic mass is 10.2. The van der Waals surface area contributed by atoms with E-state index in [1.807, 2.05) is 0 Å². The number of hydrogen-bond acceptors (Lipinski definition) is 2. The molecule has 2 N–H and O–H groups in total. The molecule has 18 heavy (non-hydrogen) atoms. The van der Waals surface area contributed by atoms with Crippen LogP contribution in [0.3, 0.4) is 0 Å². The lowest BCUT2D eigenvalue weighted by molar-refractivity contribution is 0.111. The Hall–Kier alpha value is -2.43. The largest absolute Gasteiger partial charge is 0.352 e. The molecule has 5 heteroatoms. The summed E-state index contributed by atoms with van der Waals surface area (Å²) >= 11 is 0. The Morgan fingerprint density at radius 3 is 2.83 bits per heavy atom. The van der Waals surface area contributed by atoms with E-state index >= 15 is 0 Å². The van der Waals surface area contributed by atoms with E-state index in [0.717, 1.165) is 16.6 Å². The number of aromatic nitrogens is 3. The Balaban J connectivity index is 2.15. The number of carbonyl (C=O) groups excluding carboxylic acids is 1. The highest BCUT2D eigenvalue weighted by molar-refractivity contribution is 5.85. The zero-order valence-corrected chi connectivity index (χ0v) is 9.62. The van der Waals surface area contributed by atoms with Crippen molar-refractivity contribution < 1.29 is 9.18 Å². The summed E-state index contributed by atoms with van der Waals surface area (Å²) in [6.45, 7) is 1.78. The molecule has 0 aliphatic carbocycles. The summed E-state index contributed by atoms with van der Waals surface area (Å²) in [5, 5.41) is 0.770. The van der Waals surface area contributed by atoms with Crippen molar-refractivity contribution in [3.05, 3.63) is 41.5 Å². The Morgan fingerprint density at radius 2 is 2.11 bits per heavy atom. The predicted molar refractivity (Wildman–Crippen MR) is 66.0 cm³/mol. The molecule has 3 rings (SSSR count). The van der Waals surface area contributed by atoms with Crippen molar-refractivity contribution in [3.63, 3.8) is 0 Å². The number of carbonyl (C=O) groups is 1. The van der Waals surface area contributed by atoms with E-state index in [1.165, 1.54) is 12.1 Å². The van der Waals surface area contributed by atoms with Crippen molar-refractivity contribution in [2.24, 2.45) is 0 Å². The second-order valence-electron chi connectivity index (χ2n) is 4.13. The number of hydrogen-bond donors (Lipinski definition) is 2. The van der Waals surface area contributed by atoms with Gasteiger partial charge in [0.15, 0.2) is 12.1 Å². The molecular weight excluding hydrogens is 233 g/mol. The van der Waals surface area contributed by atoms with Crippen LogP contribution in [0, 0.1) is 12.7 Å². The van der Waals surface area contributed by atoms with E-state index < -0.39 is 0 Å². The molecule has 4 nitrogen and oxygen atoms in total. The number of aromatic amines is 2. The highest BCUT2D eigenvalue weighted by Gasteiger charge is 2.10. The number of aldehydes is 1. The van der Waals surface area contributed by atoms with Gasteiger partial charge in [0.05, 0.1) is 5.69 Å². The van der Waals surface area contributed by atoms with E-state index in [0.29, 0.717) is 23.5 Å². The number of fused-ring (bicyclic) bond motifs is 1. The monoisotopic (exact) mass is 243 g/mol. The molecule has 0 amide bonds. The van der Waals surface area contributed by atoms with E-state index in [-0.39, 0.29) is 5.82 Å². The zero-order valence-electron chi connectivity index (χ0n) is 9.62. The van der Waals surface area contributed by atoms with Crippen molar-refractivity contribution in [1.82, 2.24) is 15.0 Å². The molecule has 0 atom stereocenters. The van der Waals surface area contributed by atoms with Crippen molar-refractivity contribution in [1.29, 1.82) is 0 Å². The Bertz CT molecular complexity index is 742. The van der Waals surface area contributed by atoms with Gasteiger partial charge in [0.25, 0.3) is 0 Å². The number of H-pyrrole nitrogens is 2. The highest BCUT2D eigenvalue weighted by atomic mass is 19.1. The highest BCUT2D eigenvalue weighted by Crippen LogP contribution is 2.23. The van der Waals surface area contributed by atoms with Crippen LogP contribution < -0.4 is 0 Å². The molecule has 0 fully saturated rings. The third-order valence-electron chi connectivity index (χ3n) is 2.87. The molecule has 0 saturated carbocycles. The van der Waals surface area contributed by atoms with Crippen LogP contribution in [0.4, 0.5) is 4.39 Å². The van der Waals surface area contributed by atoms with Crippen molar-refractivity contribution in [3.8, 4) is 11.5 Å². The van der Waals surface area contributed by atoms with Crippen LogP contribution in [0.2, 0.25) is 0 Å². The average molecular weight is 243 g/mol. The number of benzene rings is 1. The maximum absolute atomic E-state index is 13.1. The number of nitrogens with zero attached hydrogens (tertiary/aromatic N) is 1. The van der Waals surface area contributed by atoms with Crippen LogP contribution in [0.5, 0.6) is 0 Å². The number of rotatable bonds is 2. The average Bonchev–Trinajstić information content (AvgIpc) is 2.91. The molecule has 0 aliphatic heterocycles. The van der Waals surface area contributed by atoms with Gasteiger partial charge in [-0.15, -0.1) is 0 Å². The van der Waals surface area contributed by atoms with Gasteiger partial charge in [-0.25, -0.2) is 9.37 Å². The third-order valence-corrected chi connectivity index (χ3v) is 2.87. The van der Waals surface area contributed by atoms with E-state index in [9.17, 15) is 9.18 Å². The first-order valence-corrected chi connectivity index (χ1v) is 5.48. The lowest BCUT2D eigenvalue weighted by Gasteiger charge is -1.89. The van der Waals surface area contributed by atoms with Gasteiger partial charge in [0.2, 0.25) is 0 Å². The number of halogens is 1. The van der Waals surface area contributed by atoms with E-state index in [2.05, 4.69) is 15.0 Å². The Kier molecular flexibility index (Phi) is 2.26. The fraction of sp³-hybridized carbons (Fsp3) is 0.0769. The van der Waals surface area contributed by atoms with Crippen LogP contribution in [0.15, 0.2) is 24.3 Å². The summed E-state index contributed by atoms with van der Waals surface area (Å²) in [4.78, 5) is 21.1. The second kappa shape index (κ2) is 3.80. The maximum atomic E-state index is 13.1. The van der Waals surface area contributed by atoms with Crippen molar-refractivity contribution >= 4 is 17.2 Å². The van der Waals surface area contributed by atoms with Crippen LogP contribution in [0.25, 0.3) is 22.4 Å². The first-order valence-electron chi connectivity index (χ1n) is 5.48.